The second kappa shape index (κ2) is 10.7. The highest BCUT2D eigenvalue weighted by atomic mass is 79.9. The standard InChI is InChI=1S/C4H9.2BrH.Mg/c1-4(2)3;;;/h4H,1H2,2-3H3;2*1H;/q;;;+2/p-2. The first-order chi connectivity index (χ1) is 3.15. The minimum Gasteiger partial charge on any atom is -0.280 e. The fourth-order valence-electron chi connectivity index (χ4n) is 0. The van der Waals surface area contributed by atoms with Crippen molar-refractivity contribution < 1.29 is 0 Å². The van der Waals surface area contributed by atoms with Gasteiger partial charge >= 0.3 is 16.0 Å². The Balaban J connectivity index is 0. The van der Waals surface area contributed by atoms with Crippen LogP contribution in [0.5, 0.6) is 0 Å². The van der Waals surface area contributed by atoms with E-state index < -0.39 is 0 Å². The van der Waals surface area contributed by atoms with Crippen LogP contribution in [0.3, 0.4) is 0 Å². The maximum Gasteiger partial charge on any atom is 0.560 e. The van der Waals surface area contributed by atoms with E-state index in [1.54, 1.807) is 0 Å². The molecule has 0 atom stereocenters. The Morgan fingerprint density at radius 2 is 1.43 bits per heavy atom. The van der Waals surface area contributed by atoms with Crippen molar-refractivity contribution in [2.45, 2.75) is 13.8 Å². The third-order valence-electron chi connectivity index (χ3n) is 0. The number of hydrogen-bond donors (Lipinski definition) is 0. The normalized spacial score (nSPS) is 6.57. The summed E-state index contributed by atoms with van der Waals surface area (Å²) in [5, 5.41) is 0. The van der Waals surface area contributed by atoms with Crippen molar-refractivity contribution in [1.29, 1.82) is 0 Å². The summed E-state index contributed by atoms with van der Waals surface area (Å²) in [7, 11) is 0. The van der Waals surface area contributed by atoms with Gasteiger partial charge in [0, 0.05) is 0 Å². The first-order valence-corrected chi connectivity index (χ1v) is 9.90. The lowest BCUT2D eigenvalue weighted by Crippen LogP contribution is -1.67. The number of halogens is 2. The molecule has 0 saturated heterocycles. The van der Waals surface area contributed by atoms with Crippen LogP contribution in [0.25, 0.3) is 0 Å². The molecule has 3 heteroatoms. The van der Waals surface area contributed by atoms with E-state index in [0.717, 1.165) is 0 Å². The molecule has 0 fully saturated rings. The molecule has 0 amide bonds. The Hall–Kier alpha value is 1.73. The van der Waals surface area contributed by atoms with E-state index in [4.69, 9.17) is 0 Å². The van der Waals surface area contributed by atoms with Crippen LogP contribution < -0.4 is 0 Å². The lowest BCUT2D eigenvalue weighted by atomic mass is 10.3. The fourth-order valence-corrected chi connectivity index (χ4v) is 0. The molecule has 0 bridgehead atoms. The van der Waals surface area contributed by atoms with Crippen LogP contribution in [-0.4, -0.2) is 16.0 Å². The minimum atomic E-state index is 0.0417. The first kappa shape index (κ1) is 11.5. The van der Waals surface area contributed by atoms with E-state index in [1.165, 1.54) is 0 Å². The lowest BCUT2D eigenvalue weighted by molar-refractivity contribution is 0.827. The topological polar surface area (TPSA) is 0 Å². The van der Waals surface area contributed by atoms with Crippen LogP contribution >= 0.6 is 25.8 Å². The van der Waals surface area contributed by atoms with Crippen LogP contribution in [0.4, 0.5) is 0 Å². The molecule has 7 heavy (non-hydrogen) atoms. The van der Waals surface area contributed by atoms with E-state index in [0.29, 0.717) is 5.92 Å². The zero-order chi connectivity index (χ0) is 6.28. The third kappa shape index (κ3) is 85.0. The van der Waals surface area contributed by atoms with E-state index >= 15 is 0 Å². The van der Waals surface area contributed by atoms with Crippen molar-refractivity contribution >= 4 is 41.8 Å². The van der Waals surface area contributed by atoms with Gasteiger partial charge in [-0.25, -0.2) is 0 Å². The van der Waals surface area contributed by atoms with Gasteiger partial charge in [-0.1, -0.05) is 20.8 Å². The summed E-state index contributed by atoms with van der Waals surface area (Å²) in [6.45, 7) is 7.75. The molecule has 0 aromatic carbocycles. The largest absolute Gasteiger partial charge is 0.560 e. The molecule has 0 aromatic heterocycles. The van der Waals surface area contributed by atoms with Gasteiger partial charge in [0.05, 0.1) is 0 Å². The van der Waals surface area contributed by atoms with Gasteiger partial charge in [-0.2, -0.15) is 0 Å². The molecule has 0 aliphatic rings. The SMILES string of the molecule is [Br][Mg][Br].[CH2]C(C)C. The summed E-state index contributed by atoms with van der Waals surface area (Å²) in [6, 6.07) is 0. The van der Waals surface area contributed by atoms with Crippen LogP contribution in [0, 0.1) is 12.8 Å². The monoisotopic (exact) mass is 239 g/mol. The highest BCUT2D eigenvalue weighted by molar-refractivity contribution is 9.47. The Morgan fingerprint density at radius 3 is 1.43 bits per heavy atom. The molecule has 0 nitrogen and oxygen atoms in total. The van der Waals surface area contributed by atoms with Crippen LogP contribution in [0.15, 0.2) is 0 Å². The second-order valence-electron chi connectivity index (χ2n) is 1.49. The molecule has 0 heterocycles. The van der Waals surface area contributed by atoms with Crippen molar-refractivity contribution in [3.8, 4) is 0 Å². The number of rotatable bonds is 0. The van der Waals surface area contributed by atoms with Gasteiger partial charge in [-0.15, -0.1) is 0 Å². The average molecular weight is 241 g/mol. The smallest absolute Gasteiger partial charge is 0.280 e. The van der Waals surface area contributed by atoms with Gasteiger partial charge < -0.3 is 0 Å². The average Bonchev–Trinajstić information content (AvgIpc) is 1.33. The summed E-state index contributed by atoms with van der Waals surface area (Å²) >= 11 is 6.44. The predicted octanol–water partition coefficient (Wildman–Crippen LogP) is 2.79. The Kier molecular flexibility index (Phi) is 17.5. The maximum atomic E-state index is 3.64. The molecule has 0 aromatic rings. The van der Waals surface area contributed by atoms with Crippen LogP contribution in [0.2, 0.25) is 0 Å². The summed E-state index contributed by atoms with van der Waals surface area (Å²) in [5.74, 6) is 0.583. The fraction of sp³-hybridized carbons (Fsp3) is 0.750. The highest BCUT2D eigenvalue weighted by Crippen LogP contribution is 1.80. The van der Waals surface area contributed by atoms with Gasteiger partial charge in [0.25, 0.3) is 0 Å². The van der Waals surface area contributed by atoms with Gasteiger partial charge in [-0.05, 0) is 5.92 Å². The van der Waals surface area contributed by atoms with Gasteiger partial charge in [0.2, 0.25) is 0 Å². The predicted molar refractivity (Wildman–Crippen MR) is 43.8 cm³/mol. The molecule has 41 valence electrons. The summed E-state index contributed by atoms with van der Waals surface area (Å²) in [5.41, 5.74) is 0. The second-order valence-corrected chi connectivity index (χ2v) is 9.58. The Labute approximate surface area is 67.9 Å². The lowest BCUT2D eigenvalue weighted by Gasteiger charge is -1.78. The van der Waals surface area contributed by atoms with Crippen molar-refractivity contribution in [1.82, 2.24) is 0 Å². The summed E-state index contributed by atoms with van der Waals surface area (Å²) < 4.78 is 0. The summed E-state index contributed by atoms with van der Waals surface area (Å²) in [6.07, 6.45) is 0. The van der Waals surface area contributed by atoms with Gasteiger partial charge in [0.15, 0.2) is 0 Å². The molecule has 0 saturated carbocycles. The molecule has 0 aliphatic heterocycles. The van der Waals surface area contributed by atoms with E-state index in [1.807, 2.05) is 0 Å². The first-order valence-electron chi connectivity index (χ1n) is 2.10. The molecule has 0 unspecified atom stereocenters. The van der Waals surface area contributed by atoms with E-state index in [2.05, 4.69) is 46.5 Å². The molecule has 0 aliphatic carbocycles. The molecular formula is C4H9Br2Mg. The molecular weight excluding hydrogens is 232 g/mol. The van der Waals surface area contributed by atoms with E-state index in [9.17, 15) is 0 Å². The Bertz CT molecular complexity index is 20.9. The van der Waals surface area contributed by atoms with Crippen molar-refractivity contribution in [2.75, 3.05) is 0 Å². The van der Waals surface area contributed by atoms with Crippen LogP contribution in [0.1, 0.15) is 13.8 Å². The third-order valence-corrected chi connectivity index (χ3v) is 0. The summed E-state index contributed by atoms with van der Waals surface area (Å²) in [4.78, 5) is 0. The van der Waals surface area contributed by atoms with Crippen molar-refractivity contribution in [3.05, 3.63) is 6.92 Å². The van der Waals surface area contributed by atoms with Crippen molar-refractivity contribution in [3.63, 3.8) is 0 Å². The van der Waals surface area contributed by atoms with Crippen LogP contribution in [-0.2, 0) is 0 Å². The maximum absolute atomic E-state index is 3.64. The zero-order valence-electron chi connectivity index (χ0n) is 4.75. The molecule has 0 rings (SSSR count). The molecule has 0 N–H and O–H groups in total. The van der Waals surface area contributed by atoms with Gasteiger partial charge in [0.1, 0.15) is 0 Å². The zero-order valence-corrected chi connectivity index (χ0v) is 9.33. The minimum absolute atomic E-state index is 0.0417. The quantitative estimate of drug-likeness (QED) is 0.572. The Morgan fingerprint density at radius 1 is 1.43 bits per heavy atom. The molecule has 1 radical (unpaired) electrons. The molecule has 0 spiro atoms. The highest BCUT2D eigenvalue weighted by Gasteiger charge is 1.68. The van der Waals surface area contributed by atoms with Crippen molar-refractivity contribution in [2.24, 2.45) is 5.92 Å². The van der Waals surface area contributed by atoms with E-state index in [-0.39, 0.29) is 16.0 Å². The number of hydrogen-bond acceptors (Lipinski definition) is 0. The van der Waals surface area contributed by atoms with Gasteiger partial charge in [-0.3, -0.25) is 25.8 Å².